The number of amidine groups is 1. The van der Waals surface area contributed by atoms with Gasteiger partial charge in [-0.05, 0) is 57.0 Å². The highest BCUT2D eigenvalue weighted by Gasteiger charge is 2.59. The average Bonchev–Trinajstić information content (AvgIpc) is 2.79. The Labute approximate surface area is 204 Å². The lowest BCUT2D eigenvalue weighted by Gasteiger charge is -2.44. The number of carbonyl (C=O) groups is 1. The number of amides is 1. The molecule has 2 heterocycles. The van der Waals surface area contributed by atoms with Crippen LogP contribution in [0.25, 0.3) is 0 Å². The summed E-state index contributed by atoms with van der Waals surface area (Å²) in [6.07, 6.45) is -4.28. The van der Waals surface area contributed by atoms with Crippen LogP contribution in [0.4, 0.5) is 27.6 Å². The number of aromatic nitrogens is 1. The van der Waals surface area contributed by atoms with E-state index < -0.39 is 61.3 Å². The van der Waals surface area contributed by atoms with Crippen molar-refractivity contribution in [3.05, 3.63) is 58.7 Å². The molecule has 0 spiro atoms. The van der Waals surface area contributed by atoms with E-state index in [4.69, 9.17) is 5.73 Å². The maximum atomic E-state index is 15.0. The Morgan fingerprint density at radius 1 is 1.25 bits per heavy atom. The molecule has 3 rings (SSSR count). The second-order valence-corrected chi connectivity index (χ2v) is 11.4. The second kappa shape index (κ2) is 9.09. The summed E-state index contributed by atoms with van der Waals surface area (Å²) in [5.41, 5.74) is 2.62. The number of sulfone groups is 1. The number of hydrogen-bond acceptors (Lipinski definition) is 6. The van der Waals surface area contributed by atoms with Crippen LogP contribution in [0.1, 0.15) is 54.4 Å². The van der Waals surface area contributed by atoms with Gasteiger partial charge in [-0.1, -0.05) is 6.92 Å². The van der Waals surface area contributed by atoms with Crippen molar-refractivity contribution in [1.29, 1.82) is 0 Å². The summed E-state index contributed by atoms with van der Waals surface area (Å²) < 4.78 is 92.2. The molecule has 2 unspecified atom stereocenters. The Balaban J connectivity index is 2.03. The van der Waals surface area contributed by atoms with Crippen LogP contribution in [0.15, 0.2) is 35.5 Å². The number of aliphatic imine (C=N–C) groups is 1. The molecule has 0 aliphatic carbocycles. The molecular weight excluding hydrogens is 507 g/mol. The molecule has 7 nitrogen and oxygen atoms in total. The molecule has 0 fully saturated rings. The zero-order valence-corrected chi connectivity index (χ0v) is 20.7. The molecular formula is C23H25F5N4O3S. The monoisotopic (exact) mass is 532 g/mol. The molecule has 0 saturated heterocycles. The third kappa shape index (κ3) is 4.22. The summed E-state index contributed by atoms with van der Waals surface area (Å²) in [6.45, 7) is 4.07. The first-order valence-electron chi connectivity index (χ1n) is 10.9. The number of nitrogens with two attached hydrogens (primary N) is 1. The van der Waals surface area contributed by atoms with Gasteiger partial charge >= 0.3 is 6.18 Å². The van der Waals surface area contributed by atoms with Gasteiger partial charge in [0.25, 0.3) is 5.91 Å². The van der Waals surface area contributed by atoms with Gasteiger partial charge in [0, 0.05) is 17.4 Å². The van der Waals surface area contributed by atoms with Crippen LogP contribution in [0.2, 0.25) is 0 Å². The number of carbonyl (C=O) groups excluding carboxylic acids is 1. The molecule has 36 heavy (non-hydrogen) atoms. The molecule has 1 aromatic heterocycles. The highest BCUT2D eigenvalue weighted by molar-refractivity contribution is 7.94. The van der Waals surface area contributed by atoms with E-state index in [1.807, 2.05) is 0 Å². The summed E-state index contributed by atoms with van der Waals surface area (Å²) in [7, 11) is -4.27. The number of hydrogen-bond donors (Lipinski definition) is 2. The number of pyridine rings is 1. The summed E-state index contributed by atoms with van der Waals surface area (Å²) >= 11 is 0. The SMILES string of the molecule is CCC1(CF)C(N)=N[C@](C)(c2cc(NC(=O)c3ncc(C(F)(F)F)cc3C)ccc2F)C(C)S1(=O)=O. The fourth-order valence-corrected chi connectivity index (χ4v) is 6.63. The summed E-state index contributed by atoms with van der Waals surface area (Å²) in [5, 5.41) is 1.05. The van der Waals surface area contributed by atoms with Crippen molar-refractivity contribution in [2.45, 2.75) is 55.8 Å². The van der Waals surface area contributed by atoms with E-state index in [2.05, 4.69) is 15.3 Å². The number of benzene rings is 1. The minimum Gasteiger partial charge on any atom is -0.386 e. The van der Waals surface area contributed by atoms with E-state index >= 15 is 0 Å². The van der Waals surface area contributed by atoms with E-state index in [9.17, 15) is 35.2 Å². The van der Waals surface area contributed by atoms with Crippen LogP contribution in [0, 0.1) is 12.7 Å². The lowest BCUT2D eigenvalue weighted by Crippen LogP contribution is -2.62. The number of anilines is 1. The van der Waals surface area contributed by atoms with Gasteiger partial charge in [-0.2, -0.15) is 13.2 Å². The van der Waals surface area contributed by atoms with Gasteiger partial charge in [0.05, 0.1) is 10.8 Å². The van der Waals surface area contributed by atoms with Gasteiger partial charge in [0.15, 0.2) is 14.6 Å². The van der Waals surface area contributed by atoms with Crippen LogP contribution in [-0.4, -0.2) is 41.8 Å². The van der Waals surface area contributed by atoms with E-state index in [1.54, 1.807) is 0 Å². The standard InChI is InChI=1S/C23H25F5N4O3S/c1-5-22(11-24)20(29)32-21(4,13(3)36(22,34)35)16-9-15(6-7-17(16)25)31-19(33)18-12(2)8-14(10-30-18)23(26,27)28/h6-10,13H,5,11H2,1-4H3,(H2,29,32)(H,31,33)/t13?,21-,22?/m0/s1. The first-order chi connectivity index (χ1) is 16.5. The van der Waals surface area contributed by atoms with Crippen LogP contribution in [0.3, 0.4) is 0 Å². The fourth-order valence-electron chi connectivity index (χ4n) is 4.28. The first-order valence-corrected chi connectivity index (χ1v) is 12.4. The van der Waals surface area contributed by atoms with Crippen molar-refractivity contribution in [3.63, 3.8) is 0 Å². The third-order valence-corrected chi connectivity index (χ3v) is 9.88. The maximum absolute atomic E-state index is 15.0. The van der Waals surface area contributed by atoms with Crippen molar-refractivity contribution in [2.75, 3.05) is 12.0 Å². The summed E-state index contributed by atoms with van der Waals surface area (Å²) in [4.78, 5) is 20.5. The Kier molecular flexibility index (Phi) is 6.94. The zero-order chi connectivity index (χ0) is 27.3. The number of nitrogens with zero attached hydrogens (tertiary/aromatic N) is 2. The molecule has 0 radical (unpaired) electrons. The van der Waals surface area contributed by atoms with Crippen LogP contribution in [0.5, 0.6) is 0 Å². The molecule has 1 aliphatic heterocycles. The van der Waals surface area contributed by atoms with Gasteiger partial charge in [0.1, 0.15) is 29.6 Å². The van der Waals surface area contributed by atoms with Gasteiger partial charge in [-0.3, -0.25) is 14.8 Å². The van der Waals surface area contributed by atoms with Crippen LogP contribution < -0.4 is 11.1 Å². The number of nitrogens with one attached hydrogen (secondary N) is 1. The largest absolute Gasteiger partial charge is 0.417 e. The van der Waals surface area contributed by atoms with Crippen molar-refractivity contribution >= 4 is 27.3 Å². The molecule has 1 aromatic carbocycles. The van der Waals surface area contributed by atoms with Gasteiger partial charge in [0.2, 0.25) is 0 Å². The molecule has 1 amide bonds. The van der Waals surface area contributed by atoms with E-state index in [0.717, 1.165) is 18.2 Å². The third-order valence-electron chi connectivity index (χ3n) is 6.80. The highest BCUT2D eigenvalue weighted by atomic mass is 32.2. The number of alkyl halides is 4. The number of halogens is 5. The second-order valence-electron chi connectivity index (χ2n) is 8.85. The molecule has 0 saturated carbocycles. The predicted molar refractivity (Wildman–Crippen MR) is 125 cm³/mol. The van der Waals surface area contributed by atoms with Crippen molar-refractivity contribution < 1.29 is 35.2 Å². The number of rotatable bonds is 5. The summed E-state index contributed by atoms with van der Waals surface area (Å²) in [6, 6.07) is 4.09. The fraction of sp³-hybridized carbons (Fsp3) is 0.435. The molecule has 196 valence electrons. The number of aryl methyl sites for hydroxylation is 1. The van der Waals surface area contributed by atoms with Crippen molar-refractivity contribution in [2.24, 2.45) is 10.7 Å². The first kappa shape index (κ1) is 27.5. The minimum absolute atomic E-state index is 0.00918. The predicted octanol–water partition coefficient (Wildman–Crippen LogP) is 4.31. The van der Waals surface area contributed by atoms with Crippen molar-refractivity contribution in [3.8, 4) is 0 Å². The Morgan fingerprint density at radius 3 is 2.42 bits per heavy atom. The molecule has 0 bridgehead atoms. The van der Waals surface area contributed by atoms with Crippen molar-refractivity contribution in [1.82, 2.24) is 4.98 Å². The Morgan fingerprint density at radius 2 is 1.89 bits per heavy atom. The lowest BCUT2D eigenvalue weighted by atomic mass is 9.87. The van der Waals surface area contributed by atoms with Crippen LogP contribution in [-0.2, 0) is 21.6 Å². The maximum Gasteiger partial charge on any atom is 0.417 e. The van der Waals surface area contributed by atoms with Gasteiger partial charge in [-0.25, -0.2) is 17.2 Å². The van der Waals surface area contributed by atoms with Crippen LogP contribution >= 0.6 is 0 Å². The molecule has 13 heteroatoms. The van der Waals surface area contributed by atoms with E-state index in [1.165, 1.54) is 33.8 Å². The van der Waals surface area contributed by atoms with E-state index in [0.29, 0.717) is 6.20 Å². The molecule has 2 aromatic rings. The van der Waals surface area contributed by atoms with Gasteiger partial charge in [-0.15, -0.1) is 0 Å². The molecule has 1 aliphatic rings. The average molecular weight is 533 g/mol. The summed E-state index contributed by atoms with van der Waals surface area (Å²) in [5.74, 6) is -2.19. The zero-order valence-electron chi connectivity index (χ0n) is 19.9. The molecule has 3 atom stereocenters. The normalized spacial score (nSPS) is 25.8. The Bertz CT molecular complexity index is 1340. The van der Waals surface area contributed by atoms with E-state index in [-0.39, 0.29) is 28.9 Å². The smallest absolute Gasteiger partial charge is 0.386 e. The topological polar surface area (TPSA) is 115 Å². The van der Waals surface area contributed by atoms with Gasteiger partial charge < -0.3 is 11.1 Å². The molecule has 3 N–H and O–H groups in total. The lowest BCUT2D eigenvalue weighted by molar-refractivity contribution is -0.137. The quantitative estimate of drug-likeness (QED) is 0.557. The minimum atomic E-state index is -4.63. The highest BCUT2D eigenvalue weighted by Crippen LogP contribution is 2.45. The Hall–Kier alpha value is -3.09.